The lowest BCUT2D eigenvalue weighted by Crippen LogP contribution is -2.38. The van der Waals surface area contributed by atoms with E-state index in [2.05, 4.69) is 46.4 Å². The molecular weight excluding hydrogens is 360 g/mol. The van der Waals surface area contributed by atoms with Crippen LogP contribution >= 0.6 is 0 Å². The van der Waals surface area contributed by atoms with E-state index in [4.69, 9.17) is 0 Å². The van der Waals surface area contributed by atoms with Crippen molar-refractivity contribution in [1.82, 2.24) is 20.1 Å². The maximum absolute atomic E-state index is 13.0. The van der Waals surface area contributed by atoms with E-state index in [-0.39, 0.29) is 5.91 Å². The number of aromatic amines is 2. The minimum absolute atomic E-state index is 0.0865. The summed E-state index contributed by atoms with van der Waals surface area (Å²) in [5.41, 5.74) is 6.53. The smallest absolute Gasteiger partial charge is 0.270 e. The molecule has 0 atom stereocenters. The predicted molar refractivity (Wildman–Crippen MR) is 115 cm³/mol. The quantitative estimate of drug-likeness (QED) is 0.528. The molecule has 0 aliphatic carbocycles. The highest BCUT2D eigenvalue weighted by Crippen LogP contribution is 2.35. The molecule has 0 saturated carbocycles. The van der Waals surface area contributed by atoms with Crippen LogP contribution in [0.3, 0.4) is 0 Å². The Morgan fingerprint density at radius 3 is 2.59 bits per heavy atom. The zero-order chi connectivity index (χ0) is 19.8. The number of amides is 1. The van der Waals surface area contributed by atoms with E-state index >= 15 is 0 Å². The fourth-order valence-corrected chi connectivity index (χ4v) is 4.43. The van der Waals surface area contributed by atoms with Crippen molar-refractivity contribution in [2.24, 2.45) is 0 Å². The summed E-state index contributed by atoms with van der Waals surface area (Å²) in [6.07, 6.45) is 3.81. The van der Waals surface area contributed by atoms with Crippen LogP contribution in [0.25, 0.3) is 22.0 Å². The lowest BCUT2D eigenvalue weighted by atomic mass is 9.88. The molecule has 1 saturated heterocycles. The number of nitrogens with zero attached hydrogens (tertiary/aromatic N) is 2. The second kappa shape index (κ2) is 7.24. The first kappa shape index (κ1) is 17.7. The Labute approximate surface area is 169 Å². The number of carbonyl (C=O) groups is 1. The summed E-state index contributed by atoms with van der Waals surface area (Å²) in [6.45, 7) is 3.64. The first-order valence-corrected chi connectivity index (χ1v) is 10.2. The molecule has 3 heterocycles. The third kappa shape index (κ3) is 3.23. The number of carbonyl (C=O) groups excluding carboxylic acids is 1. The van der Waals surface area contributed by atoms with Crippen LogP contribution < -0.4 is 0 Å². The molecular formula is C24H24N4O. The number of aryl methyl sites for hydroxylation is 1. The maximum Gasteiger partial charge on any atom is 0.270 e. The summed E-state index contributed by atoms with van der Waals surface area (Å²) in [5, 5.41) is 8.64. The van der Waals surface area contributed by atoms with Gasteiger partial charge in [-0.05, 0) is 43.0 Å². The number of hydrogen-bond donors (Lipinski definition) is 2. The van der Waals surface area contributed by atoms with Crippen LogP contribution in [0.1, 0.15) is 40.5 Å². The molecule has 29 heavy (non-hydrogen) atoms. The number of H-pyrrole nitrogens is 2. The number of nitrogens with one attached hydrogen (secondary N) is 2. The summed E-state index contributed by atoms with van der Waals surface area (Å²) in [7, 11) is 0. The van der Waals surface area contributed by atoms with Gasteiger partial charge in [-0.3, -0.25) is 9.89 Å². The van der Waals surface area contributed by atoms with Gasteiger partial charge in [-0.25, -0.2) is 0 Å². The highest BCUT2D eigenvalue weighted by Gasteiger charge is 2.28. The minimum atomic E-state index is 0.0865. The Morgan fingerprint density at radius 2 is 1.79 bits per heavy atom. The molecule has 2 aromatic heterocycles. The molecule has 5 nitrogen and oxygen atoms in total. The molecule has 0 radical (unpaired) electrons. The molecule has 2 aromatic carbocycles. The molecule has 1 aliphatic rings. The maximum atomic E-state index is 13.0. The van der Waals surface area contributed by atoms with Gasteiger partial charge in [0.15, 0.2) is 0 Å². The molecule has 1 fully saturated rings. The molecule has 2 N–H and O–H groups in total. The van der Waals surface area contributed by atoms with E-state index in [1.807, 2.05) is 41.4 Å². The zero-order valence-electron chi connectivity index (χ0n) is 16.5. The standard InChI is InChI=1S/C24H24N4O/c1-16-6-2-4-8-19(16)20-15-25-27-23(20)17-10-12-28(13-11-17)24(29)22-14-18-7-3-5-9-21(18)26-22/h2-9,14-15,17,26H,10-13H2,1H3,(H,25,27). The zero-order valence-corrected chi connectivity index (χ0v) is 16.5. The Hall–Kier alpha value is -3.34. The van der Waals surface area contributed by atoms with Gasteiger partial charge in [0.2, 0.25) is 0 Å². The lowest BCUT2D eigenvalue weighted by molar-refractivity contribution is 0.0707. The van der Waals surface area contributed by atoms with Crippen LogP contribution in [-0.2, 0) is 0 Å². The Morgan fingerprint density at radius 1 is 1.03 bits per heavy atom. The average molecular weight is 384 g/mol. The van der Waals surface area contributed by atoms with Crippen molar-refractivity contribution >= 4 is 16.8 Å². The summed E-state index contributed by atoms with van der Waals surface area (Å²) >= 11 is 0. The van der Waals surface area contributed by atoms with E-state index in [0.29, 0.717) is 11.6 Å². The normalized spacial score (nSPS) is 15.1. The third-order valence-corrected chi connectivity index (χ3v) is 6.05. The number of benzene rings is 2. The van der Waals surface area contributed by atoms with Crippen LogP contribution in [0.4, 0.5) is 0 Å². The SMILES string of the molecule is Cc1ccccc1-c1cn[nH]c1C1CCN(C(=O)c2cc3ccccc3[nH]2)CC1. The fourth-order valence-electron chi connectivity index (χ4n) is 4.43. The summed E-state index contributed by atoms with van der Waals surface area (Å²) in [6, 6.07) is 18.4. The van der Waals surface area contributed by atoms with Crippen molar-refractivity contribution in [3.8, 4) is 11.1 Å². The number of piperidine rings is 1. The van der Waals surface area contributed by atoms with Gasteiger partial charge in [-0.2, -0.15) is 5.10 Å². The number of fused-ring (bicyclic) bond motifs is 1. The van der Waals surface area contributed by atoms with Crippen molar-refractivity contribution < 1.29 is 4.79 Å². The van der Waals surface area contributed by atoms with E-state index in [1.54, 1.807) is 0 Å². The van der Waals surface area contributed by atoms with Gasteiger partial charge in [0, 0.05) is 41.2 Å². The molecule has 1 aliphatic heterocycles. The van der Waals surface area contributed by atoms with Gasteiger partial charge in [-0.1, -0.05) is 42.5 Å². The van der Waals surface area contributed by atoms with Crippen molar-refractivity contribution in [2.75, 3.05) is 13.1 Å². The number of para-hydroxylation sites is 1. The van der Waals surface area contributed by atoms with Crippen molar-refractivity contribution in [3.05, 3.63) is 77.7 Å². The summed E-state index contributed by atoms with van der Waals surface area (Å²) in [5.74, 6) is 0.474. The summed E-state index contributed by atoms with van der Waals surface area (Å²) < 4.78 is 0. The van der Waals surface area contributed by atoms with E-state index in [1.165, 1.54) is 22.4 Å². The second-order valence-electron chi connectivity index (χ2n) is 7.85. The minimum Gasteiger partial charge on any atom is -0.351 e. The van der Waals surface area contributed by atoms with Crippen LogP contribution in [0.2, 0.25) is 0 Å². The first-order valence-electron chi connectivity index (χ1n) is 10.2. The molecule has 0 bridgehead atoms. The second-order valence-corrected chi connectivity index (χ2v) is 7.85. The molecule has 5 heteroatoms. The van der Waals surface area contributed by atoms with Crippen LogP contribution in [0, 0.1) is 6.92 Å². The number of aromatic nitrogens is 3. The summed E-state index contributed by atoms with van der Waals surface area (Å²) in [4.78, 5) is 18.2. The Balaban J connectivity index is 1.32. The Bertz CT molecular complexity index is 1130. The first-order chi connectivity index (χ1) is 14.2. The largest absolute Gasteiger partial charge is 0.351 e. The van der Waals surface area contributed by atoms with Gasteiger partial charge in [0.1, 0.15) is 5.69 Å². The van der Waals surface area contributed by atoms with Gasteiger partial charge in [0.05, 0.1) is 6.20 Å². The van der Waals surface area contributed by atoms with E-state index in [0.717, 1.165) is 36.8 Å². The van der Waals surface area contributed by atoms with Crippen molar-refractivity contribution in [1.29, 1.82) is 0 Å². The van der Waals surface area contributed by atoms with Crippen LogP contribution in [-0.4, -0.2) is 39.1 Å². The molecule has 146 valence electrons. The highest BCUT2D eigenvalue weighted by molar-refractivity contribution is 5.98. The highest BCUT2D eigenvalue weighted by atomic mass is 16.2. The van der Waals surface area contributed by atoms with Crippen molar-refractivity contribution in [2.45, 2.75) is 25.7 Å². The molecule has 4 aromatic rings. The third-order valence-electron chi connectivity index (χ3n) is 6.05. The number of rotatable bonds is 3. The van der Waals surface area contributed by atoms with Gasteiger partial charge >= 0.3 is 0 Å². The predicted octanol–water partition coefficient (Wildman–Crippen LogP) is 4.89. The average Bonchev–Trinajstić information content (AvgIpc) is 3.41. The lowest BCUT2D eigenvalue weighted by Gasteiger charge is -2.31. The van der Waals surface area contributed by atoms with Crippen molar-refractivity contribution in [3.63, 3.8) is 0 Å². The fraction of sp³-hybridized carbons (Fsp3) is 0.250. The topological polar surface area (TPSA) is 64.8 Å². The number of likely N-dealkylation sites (tertiary alicyclic amines) is 1. The molecule has 0 unspecified atom stereocenters. The van der Waals surface area contributed by atoms with E-state index in [9.17, 15) is 4.79 Å². The van der Waals surface area contributed by atoms with Gasteiger partial charge in [0.25, 0.3) is 5.91 Å². The Kier molecular flexibility index (Phi) is 4.43. The van der Waals surface area contributed by atoms with Gasteiger partial charge < -0.3 is 9.88 Å². The molecule has 1 amide bonds. The molecule has 5 rings (SSSR count). The van der Waals surface area contributed by atoms with Crippen LogP contribution in [0.5, 0.6) is 0 Å². The monoisotopic (exact) mass is 384 g/mol. The van der Waals surface area contributed by atoms with E-state index < -0.39 is 0 Å². The van der Waals surface area contributed by atoms with Gasteiger partial charge in [-0.15, -0.1) is 0 Å². The number of hydrogen-bond acceptors (Lipinski definition) is 2. The van der Waals surface area contributed by atoms with Crippen LogP contribution in [0.15, 0.2) is 60.8 Å². The molecule has 0 spiro atoms.